The Morgan fingerprint density at radius 1 is 1.11 bits per heavy atom. The molecule has 1 atom stereocenters. The first kappa shape index (κ1) is 26.4. The SMILES string of the molecule is CCOC(=O)C1=C(C)NC(=S)N[C@@H]1c1ccccc1OCC(=O)NN=Cc1ccccc1OC(C)=O. The van der Waals surface area contributed by atoms with Crippen molar-refractivity contribution in [2.24, 2.45) is 5.10 Å². The van der Waals surface area contributed by atoms with Crippen molar-refractivity contribution in [1.82, 2.24) is 16.1 Å². The molecule has 0 bridgehead atoms. The second-order valence-electron chi connectivity index (χ2n) is 7.54. The first-order valence-corrected chi connectivity index (χ1v) is 11.5. The van der Waals surface area contributed by atoms with Gasteiger partial charge < -0.3 is 24.8 Å². The van der Waals surface area contributed by atoms with Gasteiger partial charge in [0.2, 0.25) is 0 Å². The molecule has 3 rings (SSSR count). The summed E-state index contributed by atoms with van der Waals surface area (Å²) in [6.07, 6.45) is 1.36. The zero-order valence-electron chi connectivity index (χ0n) is 20.0. The molecule has 0 spiro atoms. The van der Waals surface area contributed by atoms with Crippen LogP contribution in [-0.2, 0) is 19.1 Å². The summed E-state index contributed by atoms with van der Waals surface area (Å²) in [6.45, 7) is 4.64. The van der Waals surface area contributed by atoms with Gasteiger partial charge in [0.1, 0.15) is 11.5 Å². The van der Waals surface area contributed by atoms with Crippen LogP contribution in [0.3, 0.4) is 0 Å². The van der Waals surface area contributed by atoms with Crippen molar-refractivity contribution in [2.45, 2.75) is 26.8 Å². The minimum Gasteiger partial charge on any atom is -0.483 e. The molecule has 2 aromatic rings. The van der Waals surface area contributed by atoms with Crippen LogP contribution in [0.4, 0.5) is 0 Å². The molecule has 0 radical (unpaired) electrons. The Kier molecular flexibility index (Phi) is 9.12. The molecule has 1 amide bonds. The highest BCUT2D eigenvalue weighted by Crippen LogP contribution is 2.33. The number of para-hydroxylation sites is 2. The maximum Gasteiger partial charge on any atom is 0.338 e. The normalized spacial score (nSPS) is 15.1. The third-order valence-corrected chi connectivity index (χ3v) is 5.14. The van der Waals surface area contributed by atoms with Gasteiger partial charge in [0.25, 0.3) is 5.91 Å². The zero-order valence-corrected chi connectivity index (χ0v) is 20.8. The number of carbonyl (C=O) groups is 3. The monoisotopic (exact) mass is 510 g/mol. The number of benzene rings is 2. The van der Waals surface area contributed by atoms with Gasteiger partial charge in [-0.1, -0.05) is 30.3 Å². The number of hydrazone groups is 1. The van der Waals surface area contributed by atoms with Gasteiger partial charge in [-0.25, -0.2) is 10.2 Å². The largest absolute Gasteiger partial charge is 0.483 e. The van der Waals surface area contributed by atoms with E-state index in [4.69, 9.17) is 26.4 Å². The van der Waals surface area contributed by atoms with Crippen molar-refractivity contribution >= 4 is 41.4 Å². The lowest BCUT2D eigenvalue weighted by molar-refractivity contribution is -0.139. The summed E-state index contributed by atoms with van der Waals surface area (Å²) >= 11 is 5.28. The Morgan fingerprint density at radius 3 is 2.53 bits per heavy atom. The van der Waals surface area contributed by atoms with Crippen molar-refractivity contribution < 1.29 is 28.6 Å². The van der Waals surface area contributed by atoms with Crippen molar-refractivity contribution in [1.29, 1.82) is 0 Å². The number of ether oxygens (including phenoxy) is 3. The summed E-state index contributed by atoms with van der Waals surface area (Å²) in [4.78, 5) is 36.2. The smallest absolute Gasteiger partial charge is 0.338 e. The average molecular weight is 511 g/mol. The topological polar surface area (TPSA) is 127 Å². The summed E-state index contributed by atoms with van der Waals surface area (Å²) in [6, 6.07) is 13.1. The summed E-state index contributed by atoms with van der Waals surface area (Å²) in [5.41, 5.74) is 4.43. The Balaban J connectivity index is 1.70. The molecule has 0 unspecified atom stereocenters. The van der Waals surface area contributed by atoms with Gasteiger partial charge in [-0.3, -0.25) is 9.59 Å². The Hall–Kier alpha value is -4.25. The van der Waals surface area contributed by atoms with E-state index in [1.165, 1.54) is 13.1 Å². The number of allylic oxidation sites excluding steroid dienone is 1. The fourth-order valence-electron chi connectivity index (χ4n) is 3.44. The van der Waals surface area contributed by atoms with Crippen LogP contribution in [0.25, 0.3) is 0 Å². The molecule has 2 aromatic carbocycles. The molecule has 188 valence electrons. The molecule has 0 fully saturated rings. The lowest BCUT2D eigenvalue weighted by Crippen LogP contribution is -2.45. The Labute approximate surface area is 213 Å². The van der Waals surface area contributed by atoms with Gasteiger partial charge in [-0.2, -0.15) is 5.10 Å². The number of rotatable bonds is 9. The van der Waals surface area contributed by atoms with Crippen LogP contribution in [0.1, 0.15) is 37.9 Å². The van der Waals surface area contributed by atoms with Gasteiger partial charge in [-0.05, 0) is 44.3 Å². The van der Waals surface area contributed by atoms with Crippen LogP contribution in [-0.4, -0.2) is 42.4 Å². The number of hydrogen-bond acceptors (Lipinski definition) is 8. The molecule has 11 heteroatoms. The summed E-state index contributed by atoms with van der Waals surface area (Å²) in [5, 5.41) is 10.3. The number of amides is 1. The summed E-state index contributed by atoms with van der Waals surface area (Å²) < 4.78 is 16.1. The van der Waals surface area contributed by atoms with Crippen molar-refractivity contribution in [3.8, 4) is 11.5 Å². The molecule has 36 heavy (non-hydrogen) atoms. The maximum absolute atomic E-state index is 12.6. The van der Waals surface area contributed by atoms with Gasteiger partial charge >= 0.3 is 11.9 Å². The van der Waals surface area contributed by atoms with E-state index in [1.807, 2.05) is 0 Å². The molecule has 1 heterocycles. The quantitative estimate of drug-likeness (QED) is 0.153. The minimum atomic E-state index is -0.632. The van der Waals surface area contributed by atoms with Crippen LogP contribution < -0.4 is 25.5 Å². The maximum atomic E-state index is 12.6. The Bertz CT molecular complexity index is 1230. The average Bonchev–Trinajstić information content (AvgIpc) is 2.83. The van der Waals surface area contributed by atoms with Crippen molar-refractivity contribution in [3.63, 3.8) is 0 Å². The second kappa shape index (κ2) is 12.5. The standard InChI is InChI=1S/C25H26N4O6S/c1-4-33-24(32)22-15(2)27-25(36)28-23(22)18-10-6-8-12-20(18)34-14-21(31)29-26-13-17-9-5-7-11-19(17)35-16(3)30/h5-13,23H,4,14H2,1-3H3,(H,29,31)(H2,27,28,36)/t23-/m1/s1. The molecule has 3 N–H and O–H groups in total. The fraction of sp³-hybridized carbons (Fsp3) is 0.240. The predicted molar refractivity (Wildman–Crippen MR) is 136 cm³/mol. The van der Waals surface area contributed by atoms with Crippen LogP contribution in [0.5, 0.6) is 11.5 Å². The van der Waals surface area contributed by atoms with E-state index in [0.717, 1.165) is 0 Å². The summed E-state index contributed by atoms with van der Waals surface area (Å²) in [7, 11) is 0. The molecule has 0 saturated carbocycles. The van der Waals surface area contributed by atoms with Crippen LogP contribution in [0.15, 0.2) is 64.9 Å². The summed E-state index contributed by atoms with van der Waals surface area (Å²) in [5.74, 6) is -0.766. The molecule has 10 nitrogen and oxygen atoms in total. The van der Waals surface area contributed by atoms with Crippen LogP contribution >= 0.6 is 12.2 Å². The van der Waals surface area contributed by atoms with E-state index < -0.39 is 23.9 Å². The zero-order chi connectivity index (χ0) is 26.1. The Morgan fingerprint density at radius 2 is 1.81 bits per heavy atom. The van der Waals surface area contributed by atoms with E-state index in [1.54, 1.807) is 62.4 Å². The highest BCUT2D eigenvalue weighted by molar-refractivity contribution is 7.80. The van der Waals surface area contributed by atoms with Gasteiger partial charge in [0.05, 0.1) is 24.4 Å². The fourth-order valence-corrected chi connectivity index (χ4v) is 3.71. The predicted octanol–water partition coefficient (Wildman–Crippen LogP) is 2.50. The number of carbonyl (C=O) groups excluding carboxylic acids is 3. The molecular formula is C25H26N4O6S. The van der Waals surface area contributed by atoms with E-state index in [2.05, 4.69) is 21.2 Å². The van der Waals surface area contributed by atoms with Crippen molar-refractivity contribution in [2.75, 3.05) is 13.2 Å². The second-order valence-corrected chi connectivity index (χ2v) is 7.95. The van der Waals surface area contributed by atoms with Crippen molar-refractivity contribution in [3.05, 3.63) is 70.9 Å². The molecule has 0 aliphatic carbocycles. The lowest BCUT2D eigenvalue weighted by atomic mass is 9.95. The minimum absolute atomic E-state index is 0.219. The molecular weight excluding hydrogens is 484 g/mol. The van der Waals surface area contributed by atoms with Gasteiger partial charge in [0, 0.05) is 23.7 Å². The molecule has 0 saturated heterocycles. The van der Waals surface area contributed by atoms with Gasteiger partial charge in [0.15, 0.2) is 11.7 Å². The number of hydrogen-bond donors (Lipinski definition) is 3. The number of nitrogens with one attached hydrogen (secondary N) is 3. The highest BCUT2D eigenvalue weighted by atomic mass is 32.1. The number of esters is 2. The van der Waals surface area contributed by atoms with Gasteiger partial charge in [-0.15, -0.1) is 0 Å². The van der Waals surface area contributed by atoms with Crippen LogP contribution in [0, 0.1) is 0 Å². The number of nitrogens with zero attached hydrogens (tertiary/aromatic N) is 1. The molecule has 0 aromatic heterocycles. The first-order valence-electron chi connectivity index (χ1n) is 11.1. The highest BCUT2D eigenvalue weighted by Gasteiger charge is 2.32. The van der Waals surface area contributed by atoms with Crippen LogP contribution in [0.2, 0.25) is 0 Å². The lowest BCUT2D eigenvalue weighted by Gasteiger charge is -2.30. The number of thiocarbonyl (C=S) groups is 1. The third kappa shape index (κ3) is 6.89. The third-order valence-electron chi connectivity index (χ3n) is 4.92. The van der Waals surface area contributed by atoms with E-state index in [-0.39, 0.29) is 13.2 Å². The molecule has 1 aliphatic rings. The van der Waals surface area contributed by atoms with E-state index in [9.17, 15) is 14.4 Å². The molecule has 1 aliphatic heterocycles. The van der Waals surface area contributed by atoms with E-state index >= 15 is 0 Å². The first-order chi connectivity index (χ1) is 17.3. The van der Waals surface area contributed by atoms with E-state index in [0.29, 0.717) is 39.0 Å².